The Morgan fingerprint density at radius 1 is 1.10 bits per heavy atom. The first-order valence-electron chi connectivity index (χ1n) is 10.4. The highest BCUT2D eigenvalue weighted by molar-refractivity contribution is 6.30. The lowest BCUT2D eigenvalue weighted by atomic mass is 10.0. The Hall–Kier alpha value is -2.24. The normalized spacial score (nSPS) is 16.4. The van der Waals surface area contributed by atoms with Gasteiger partial charge in [0.1, 0.15) is 0 Å². The van der Waals surface area contributed by atoms with E-state index in [4.69, 9.17) is 21.1 Å². The topological polar surface area (TPSA) is 42.0 Å². The molecule has 1 aliphatic heterocycles. The molecule has 2 aromatic carbocycles. The number of methoxy groups -OCH3 is 1. The molecule has 0 N–H and O–H groups in total. The van der Waals surface area contributed by atoms with Gasteiger partial charge in [-0.15, -0.1) is 0 Å². The van der Waals surface area contributed by atoms with E-state index in [0.29, 0.717) is 24.6 Å². The smallest absolute Gasteiger partial charge is 0.223 e. The lowest BCUT2D eigenvalue weighted by Crippen LogP contribution is -2.33. The van der Waals surface area contributed by atoms with E-state index >= 15 is 0 Å². The third-order valence-electron chi connectivity index (χ3n) is 5.43. The molecular weight excluding hydrogens is 400 g/mol. The van der Waals surface area contributed by atoms with Crippen LogP contribution in [0.3, 0.4) is 0 Å². The zero-order valence-corrected chi connectivity index (χ0v) is 18.8. The lowest BCUT2D eigenvalue weighted by Gasteiger charge is -2.25. The van der Waals surface area contributed by atoms with Crippen molar-refractivity contribution in [3.05, 3.63) is 58.6 Å². The second kappa shape index (κ2) is 10.7. The number of rotatable bonds is 10. The van der Waals surface area contributed by atoms with Gasteiger partial charge in [-0.1, -0.05) is 29.8 Å². The maximum Gasteiger partial charge on any atom is 0.223 e. The third-order valence-corrected chi connectivity index (χ3v) is 5.68. The average molecular weight is 431 g/mol. The minimum atomic E-state index is 0.185. The van der Waals surface area contributed by atoms with Crippen LogP contribution in [0.4, 0.5) is 0 Å². The summed E-state index contributed by atoms with van der Waals surface area (Å²) in [7, 11) is 5.77. The Bertz CT molecular complexity index is 839. The van der Waals surface area contributed by atoms with Crippen LogP contribution in [0.5, 0.6) is 11.5 Å². The van der Waals surface area contributed by atoms with Gasteiger partial charge in [0.25, 0.3) is 0 Å². The van der Waals surface area contributed by atoms with Gasteiger partial charge in [-0.25, -0.2) is 0 Å². The Kier molecular flexibility index (Phi) is 8.00. The molecule has 1 aliphatic rings. The van der Waals surface area contributed by atoms with Crippen molar-refractivity contribution in [3.63, 3.8) is 0 Å². The molecular formula is C24H31ClN2O3. The van der Waals surface area contributed by atoms with Gasteiger partial charge in [-0.3, -0.25) is 4.79 Å². The van der Waals surface area contributed by atoms with Crippen LogP contribution in [0.25, 0.3) is 0 Å². The zero-order chi connectivity index (χ0) is 21.5. The van der Waals surface area contributed by atoms with Crippen LogP contribution in [0.15, 0.2) is 42.5 Å². The van der Waals surface area contributed by atoms with Gasteiger partial charge in [0, 0.05) is 30.6 Å². The Morgan fingerprint density at radius 3 is 2.53 bits per heavy atom. The number of hydrogen-bond acceptors (Lipinski definition) is 4. The summed E-state index contributed by atoms with van der Waals surface area (Å²) in [5, 5.41) is 0.708. The number of likely N-dealkylation sites (tertiary alicyclic amines) is 1. The maximum absolute atomic E-state index is 12.5. The summed E-state index contributed by atoms with van der Waals surface area (Å²) >= 11 is 5.98. The lowest BCUT2D eigenvalue weighted by molar-refractivity contribution is -0.129. The third kappa shape index (κ3) is 6.13. The van der Waals surface area contributed by atoms with Crippen molar-refractivity contribution in [1.29, 1.82) is 0 Å². The van der Waals surface area contributed by atoms with E-state index in [1.807, 2.05) is 41.3 Å². The second-order valence-electron chi connectivity index (χ2n) is 8.04. The Balaban J connectivity index is 1.63. The average Bonchev–Trinajstić information content (AvgIpc) is 3.06. The first-order chi connectivity index (χ1) is 14.5. The zero-order valence-electron chi connectivity index (χ0n) is 18.1. The van der Waals surface area contributed by atoms with Gasteiger partial charge in [0.05, 0.1) is 13.7 Å². The predicted octanol–water partition coefficient (Wildman–Crippen LogP) is 4.41. The molecule has 1 heterocycles. The highest BCUT2D eigenvalue weighted by Crippen LogP contribution is 2.31. The van der Waals surface area contributed by atoms with Crippen molar-refractivity contribution in [3.8, 4) is 11.5 Å². The molecule has 1 amide bonds. The summed E-state index contributed by atoms with van der Waals surface area (Å²) in [4.78, 5) is 16.6. The fourth-order valence-electron chi connectivity index (χ4n) is 3.80. The monoisotopic (exact) mass is 430 g/mol. The molecule has 0 saturated carbocycles. The molecule has 2 aromatic rings. The summed E-state index contributed by atoms with van der Waals surface area (Å²) < 4.78 is 11.5. The van der Waals surface area contributed by atoms with E-state index in [-0.39, 0.29) is 11.9 Å². The first kappa shape index (κ1) is 22.4. The summed E-state index contributed by atoms with van der Waals surface area (Å²) in [6, 6.07) is 14.0. The fraction of sp³-hybridized carbons (Fsp3) is 0.458. The van der Waals surface area contributed by atoms with Crippen LogP contribution in [0.1, 0.15) is 30.4 Å². The van der Waals surface area contributed by atoms with Gasteiger partial charge in [0.2, 0.25) is 5.91 Å². The van der Waals surface area contributed by atoms with Crippen LogP contribution < -0.4 is 9.47 Å². The molecule has 1 unspecified atom stereocenters. The number of nitrogens with zero attached hydrogens (tertiary/aromatic N) is 2. The molecule has 0 aromatic heterocycles. The molecule has 3 rings (SSSR count). The molecule has 0 spiro atoms. The summed E-state index contributed by atoms with van der Waals surface area (Å²) in [5.41, 5.74) is 2.24. The van der Waals surface area contributed by atoms with Crippen molar-refractivity contribution in [2.24, 2.45) is 0 Å². The molecule has 6 heteroatoms. The van der Waals surface area contributed by atoms with E-state index in [0.717, 1.165) is 48.4 Å². The Labute approximate surface area is 184 Å². The standard InChI is InChI=1S/C24H31ClN2O3/c1-26(2)13-4-14-30-22-11-7-19(16-23(22)29-3)15-21-10-12-24(28)27(21)17-18-5-8-20(25)9-6-18/h5-9,11,16,21H,4,10,12-15,17H2,1-3H3. The van der Waals surface area contributed by atoms with Gasteiger partial charge < -0.3 is 19.3 Å². The van der Waals surface area contributed by atoms with E-state index in [1.54, 1.807) is 7.11 Å². The second-order valence-corrected chi connectivity index (χ2v) is 8.47. The minimum absolute atomic E-state index is 0.185. The number of hydrogen-bond donors (Lipinski definition) is 0. The Morgan fingerprint density at radius 2 is 1.83 bits per heavy atom. The fourth-order valence-corrected chi connectivity index (χ4v) is 3.93. The molecule has 0 bridgehead atoms. The number of benzene rings is 2. The quantitative estimate of drug-likeness (QED) is 0.523. The van der Waals surface area contributed by atoms with Crippen LogP contribution in [0.2, 0.25) is 5.02 Å². The van der Waals surface area contributed by atoms with E-state index in [2.05, 4.69) is 25.1 Å². The van der Waals surface area contributed by atoms with Crippen molar-refractivity contribution >= 4 is 17.5 Å². The van der Waals surface area contributed by atoms with Crippen molar-refractivity contribution in [2.75, 3.05) is 34.4 Å². The molecule has 0 aliphatic carbocycles. The van der Waals surface area contributed by atoms with Crippen molar-refractivity contribution in [2.45, 2.75) is 38.3 Å². The molecule has 0 radical (unpaired) electrons. The van der Waals surface area contributed by atoms with Crippen LogP contribution in [0, 0.1) is 0 Å². The van der Waals surface area contributed by atoms with Crippen molar-refractivity contribution in [1.82, 2.24) is 9.80 Å². The molecule has 30 heavy (non-hydrogen) atoms. The number of carbonyl (C=O) groups is 1. The minimum Gasteiger partial charge on any atom is -0.493 e. The summed E-state index contributed by atoms with van der Waals surface area (Å²) in [6.07, 6.45) is 3.23. The first-order valence-corrected chi connectivity index (χ1v) is 10.8. The molecule has 5 nitrogen and oxygen atoms in total. The predicted molar refractivity (Wildman–Crippen MR) is 120 cm³/mol. The van der Waals surface area contributed by atoms with Crippen LogP contribution in [-0.4, -0.2) is 56.1 Å². The van der Waals surface area contributed by atoms with Crippen LogP contribution >= 0.6 is 11.6 Å². The van der Waals surface area contributed by atoms with E-state index in [9.17, 15) is 4.79 Å². The number of carbonyl (C=O) groups excluding carboxylic acids is 1. The van der Waals surface area contributed by atoms with E-state index < -0.39 is 0 Å². The highest BCUT2D eigenvalue weighted by atomic mass is 35.5. The molecule has 1 fully saturated rings. The van der Waals surface area contributed by atoms with Crippen molar-refractivity contribution < 1.29 is 14.3 Å². The van der Waals surface area contributed by atoms with Gasteiger partial charge in [-0.2, -0.15) is 0 Å². The molecule has 1 saturated heterocycles. The highest BCUT2D eigenvalue weighted by Gasteiger charge is 2.31. The van der Waals surface area contributed by atoms with Gasteiger partial charge in [0.15, 0.2) is 11.5 Å². The number of ether oxygens (including phenoxy) is 2. The summed E-state index contributed by atoms with van der Waals surface area (Å²) in [6.45, 7) is 2.25. The molecule has 1 atom stereocenters. The van der Waals surface area contributed by atoms with Gasteiger partial charge in [-0.05, 0) is 68.8 Å². The molecule has 162 valence electrons. The summed E-state index contributed by atoms with van der Waals surface area (Å²) in [5.74, 6) is 1.72. The van der Waals surface area contributed by atoms with Crippen LogP contribution in [-0.2, 0) is 17.8 Å². The maximum atomic E-state index is 12.5. The van der Waals surface area contributed by atoms with Gasteiger partial charge >= 0.3 is 0 Å². The number of amides is 1. The largest absolute Gasteiger partial charge is 0.493 e. The van der Waals surface area contributed by atoms with E-state index in [1.165, 1.54) is 0 Å². The number of halogens is 1. The SMILES string of the molecule is COc1cc(CC2CCC(=O)N2Cc2ccc(Cl)cc2)ccc1OCCCN(C)C.